The van der Waals surface area contributed by atoms with Gasteiger partial charge in [-0.05, 0) is 24.3 Å². The lowest BCUT2D eigenvalue weighted by Gasteiger charge is -1.99. The Kier molecular flexibility index (Phi) is 2.92. The summed E-state index contributed by atoms with van der Waals surface area (Å²) < 4.78 is 10.6. The second-order valence-electron chi connectivity index (χ2n) is 3.80. The first-order chi connectivity index (χ1) is 9.26. The van der Waals surface area contributed by atoms with Crippen LogP contribution in [-0.4, -0.2) is 17.7 Å². The Morgan fingerprint density at radius 1 is 1.42 bits per heavy atom. The van der Waals surface area contributed by atoms with E-state index in [1.54, 1.807) is 0 Å². The van der Waals surface area contributed by atoms with Gasteiger partial charge >= 0.3 is 0 Å². The summed E-state index contributed by atoms with van der Waals surface area (Å²) in [6.07, 6.45) is 1.21. The number of carbonyl (C=O) groups excluding carboxylic acids is 1. The Labute approximate surface area is 113 Å². The normalized spacial score (nSPS) is 12.2. The van der Waals surface area contributed by atoms with E-state index in [1.165, 1.54) is 17.4 Å². The standard InChI is InChI=1S/C13H10N2O3S/c1-2-12(16)15-13-14-9(6-19-13)8-3-4-10-11(5-8)18-7-17-10/h2-6H,1,7H2,(H,14,15,16). The molecule has 0 aliphatic carbocycles. The molecule has 1 aliphatic heterocycles. The van der Waals surface area contributed by atoms with Crippen LogP contribution in [0.15, 0.2) is 36.2 Å². The molecule has 1 N–H and O–H groups in total. The van der Waals surface area contributed by atoms with Crippen molar-refractivity contribution >= 4 is 22.4 Å². The molecule has 1 amide bonds. The van der Waals surface area contributed by atoms with Crippen molar-refractivity contribution < 1.29 is 14.3 Å². The van der Waals surface area contributed by atoms with Gasteiger partial charge in [0.25, 0.3) is 0 Å². The zero-order chi connectivity index (χ0) is 13.2. The van der Waals surface area contributed by atoms with Crippen molar-refractivity contribution in [2.75, 3.05) is 12.1 Å². The van der Waals surface area contributed by atoms with Crippen molar-refractivity contribution in [2.45, 2.75) is 0 Å². The molecular formula is C13H10N2O3S. The van der Waals surface area contributed by atoms with Crippen LogP contribution in [0, 0.1) is 0 Å². The van der Waals surface area contributed by atoms with E-state index in [9.17, 15) is 4.79 Å². The van der Waals surface area contributed by atoms with Gasteiger partial charge in [-0.15, -0.1) is 11.3 Å². The molecule has 0 spiro atoms. The minimum Gasteiger partial charge on any atom is -0.454 e. The van der Waals surface area contributed by atoms with Crippen LogP contribution in [0.25, 0.3) is 11.3 Å². The van der Waals surface area contributed by atoms with E-state index < -0.39 is 0 Å². The molecule has 1 aromatic heterocycles. The second-order valence-corrected chi connectivity index (χ2v) is 4.66. The van der Waals surface area contributed by atoms with Crippen molar-refractivity contribution in [1.82, 2.24) is 4.98 Å². The number of amides is 1. The van der Waals surface area contributed by atoms with Gasteiger partial charge in [-0.3, -0.25) is 10.1 Å². The SMILES string of the molecule is C=CC(=O)Nc1nc(-c2ccc3c(c2)OCO3)cs1. The zero-order valence-corrected chi connectivity index (χ0v) is 10.7. The number of aromatic nitrogens is 1. The van der Waals surface area contributed by atoms with E-state index in [1.807, 2.05) is 23.6 Å². The van der Waals surface area contributed by atoms with Gasteiger partial charge in [0.1, 0.15) is 0 Å². The number of hydrogen-bond donors (Lipinski definition) is 1. The fourth-order valence-corrected chi connectivity index (χ4v) is 2.40. The van der Waals surface area contributed by atoms with Gasteiger partial charge < -0.3 is 9.47 Å². The van der Waals surface area contributed by atoms with E-state index in [-0.39, 0.29) is 12.7 Å². The molecule has 1 aliphatic rings. The molecule has 0 saturated carbocycles. The van der Waals surface area contributed by atoms with Crippen molar-refractivity contribution in [3.05, 3.63) is 36.2 Å². The summed E-state index contributed by atoms with van der Waals surface area (Å²) in [6, 6.07) is 5.62. The molecule has 0 bridgehead atoms. The highest BCUT2D eigenvalue weighted by Gasteiger charge is 2.15. The number of fused-ring (bicyclic) bond motifs is 1. The lowest BCUT2D eigenvalue weighted by Crippen LogP contribution is -2.06. The maximum Gasteiger partial charge on any atom is 0.249 e. The third-order valence-corrected chi connectivity index (χ3v) is 3.35. The van der Waals surface area contributed by atoms with Crippen molar-refractivity contribution in [1.29, 1.82) is 0 Å². The summed E-state index contributed by atoms with van der Waals surface area (Å²) in [6.45, 7) is 3.64. The van der Waals surface area contributed by atoms with E-state index in [0.717, 1.165) is 17.0 Å². The smallest absolute Gasteiger partial charge is 0.249 e. The lowest BCUT2D eigenvalue weighted by atomic mass is 10.1. The quantitative estimate of drug-likeness (QED) is 0.874. The second kappa shape index (κ2) is 4.74. The number of rotatable bonds is 3. The Hall–Kier alpha value is -2.34. The van der Waals surface area contributed by atoms with Crippen LogP contribution in [0.3, 0.4) is 0 Å². The Morgan fingerprint density at radius 3 is 3.11 bits per heavy atom. The predicted octanol–water partition coefficient (Wildman–Crippen LogP) is 2.66. The number of thiazole rings is 1. The summed E-state index contributed by atoms with van der Waals surface area (Å²) in [5, 5.41) is 5.04. The van der Waals surface area contributed by atoms with E-state index in [0.29, 0.717) is 10.9 Å². The average Bonchev–Trinajstić information content (AvgIpc) is 3.05. The van der Waals surface area contributed by atoms with Crippen molar-refractivity contribution in [3.63, 3.8) is 0 Å². The Balaban J connectivity index is 1.86. The Morgan fingerprint density at radius 2 is 2.26 bits per heavy atom. The number of benzene rings is 1. The molecule has 2 aromatic rings. The number of ether oxygens (including phenoxy) is 2. The van der Waals surface area contributed by atoms with Crippen LogP contribution in [0.2, 0.25) is 0 Å². The highest BCUT2D eigenvalue weighted by Crippen LogP contribution is 2.36. The van der Waals surface area contributed by atoms with Gasteiger partial charge in [-0.2, -0.15) is 0 Å². The number of nitrogens with zero attached hydrogens (tertiary/aromatic N) is 1. The number of anilines is 1. The van der Waals surface area contributed by atoms with Crippen LogP contribution < -0.4 is 14.8 Å². The maximum atomic E-state index is 11.2. The first-order valence-electron chi connectivity index (χ1n) is 5.55. The largest absolute Gasteiger partial charge is 0.454 e. The van der Waals surface area contributed by atoms with Crippen LogP contribution in [0.5, 0.6) is 11.5 Å². The van der Waals surface area contributed by atoms with Crippen LogP contribution in [0.4, 0.5) is 5.13 Å². The van der Waals surface area contributed by atoms with Crippen LogP contribution >= 0.6 is 11.3 Å². The molecule has 6 heteroatoms. The number of hydrogen-bond acceptors (Lipinski definition) is 5. The minimum absolute atomic E-state index is 0.247. The van der Waals surface area contributed by atoms with Gasteiger partial charge in [0.15, 0.2) is 16.6 Å². The summed E-state index contributed by atoms with van der Waals surface area (Å²) >= 11 is 1.36. The molecular weight excluding hydrogens is 264 g/mol. The van der Waals surface area contributed by atoms with Gasteiger partial charge in [-0.25, -0.2) is 4.98 Å². The Bertz CT molecular complexity index is 651. The molecule has 0 unspecified atom stereocenters. The molecule has 5 nitrogen and oxygen atoms in total. The maximum absolute atomic E-state index is 11.2. The minimum atomic E-state index is -0.272. The first kappa shape index (κ1) is 11.7. The zero-order valence-electron chi connectivity index (χ0n) is 9.88. The van der Waals surface area contributed by atoms with E-state index >= 15 is 0 Å². The summed E-state index contributed by atoms with van der Waals surface area (Å²) in [4.78, 5) is 15.5. The van der Waals surface area contributed by atoms with Crippen LogP contribution in [-0.2, 0) is 4.79 Å². The third kappa shape index (κ3) is 2.30. The lowest BCUT2D eigenvalue weighted by molar-refractivity contribution is -0.111. The molecule has 0 fully saturated rings. The summed E-state index contributed by atoms with van der Waals surface area (Å²) in [5.74, 6) is 1.17. The highest BCUT2D eigenvalue weighted by atomic mass is 32.1. The van der Waals surface area contributed by atoms with Crippen LogP contribution in [0.1, 0.15) is 0 Å². The average molecular weight is 274 g/mol. The summed E-state index contributed by atoms with van der Waals surface area (Å²) in [5.41, 5.74) is 1.70. The van der Waals surface area contributed by atoms with Crippen molar-refractivity contribution in [3.8, 4) is 22.8 Å². The summed E-state index contributed by atoms with van der Waals surface area (Å²) in [7, 11) is 0. The predicted molar refractivity (Wildman–Crippen MR) is 72.5 cm³/mol. The van der Waals surface area contributed by atoms with E-state index in [4.69, 9.17) is 9.47 Å². The third-order valence-electron chi connectivity index (χ3n) is 2.59. The molecule has 19 heavy (non-hydrogen) atoms. The molecule has 0 radical (unpaired) electrons. The van der Waals surface area contributed by atoms with Gasteiger partial charge in [-0.1, -0.05) is 6.58 Å². The van der Waals surface area contributed by atoms with E-state index in [2.05, 4.69) is 16.9 Å². The highest BCUT2D eigenvalue weighted by molar-refractivity contribution is 7.14. The fraction of sp³-hybridized carbons (Fsp3) is 0.0769. The molecule has 0 saturated heterocycles. The molecule has 0 atom stereocenters. The number of nitrogens with one attached hydrogen (secondary N) is 1. The van der Waals surface area contributed by atoms with Gasteiger partial charge in [0, 0.05) is 10.9 Å². The first-order valence-corrected chi connectivity index (χ1v) is 6.43. The van der Waals surface area contributed by atoms with Gasteiger partial charge in [0.05, 0.1) is 5.69 Å². The monoisotopic (exact) mass is 274 g/mol. The fourth-order valence-electron chi connectivity index (χ4n) is 1.68. The molecule has 2 heterocycles. The molecule has 96 valence electrons. The van der Waals surface area contributed by atoms with Gasteiger partial charge in [0.2, 0.25) is 12.7 Å². The number of carbonyl (C=O) groups is 1. The molecule has 1 aromatic carbocycles. The molecule has 3 rings (SSSR count). The topological polar surface area (TPSA) is 60.5 Å². The van der Waals surface area contributed by atoms with Crippen molar-refractivity contribution in [2.24, 2.45) is 0 Å².